The lowest BCUT2D eigenvalue weighted by Gasteiger charge is -2.01. The van der Waals surface area contributed by atoms with Crippen LogP contribution >= 0.6 is 0 Å². The van der Waals surface area contributed by atoms with Gasteiger partial charge in [-0.2, -0.15) is 0 Å². The van der Waals surface area contributed by atoms with Crippen LogP contribution in [0.25, 0.3) is 34.4 Å². The number of nitrogen functional groups attached to an aromatic ring is 1. The van der Waals surface area contributed by atoms with Crippen molar-refractivity contribution in [3.05, 3.63) is 71.3 Å². The summed E-state index contributed by atoms with van der Waals surface area (Å²) in [5, 5.41) is 0. The van der Waals surface area contributed by atoms with E-state index in [1.807, 2.05) is 37.4 Å². The first-order valence-corrected chi connectivity index (χ1v) is 8.42. The average Bonchev–Trinajstić information content (AvgIpc) is 3.02. The lowest BCUT2D eigenvalue weighted by atomic mass is 10.1. The summed E-state index contributed by atoms with van der Waals surface area (Å²) in [5.41, 5.74) is 12.7. The molecule has 0 aliphatic rings. The zero-order valence-corrected chi connectivity index (χ0v) is 14.7. The van der Waals surface area contributed by atoms with Crippen LogP contribution in [0.1, 0.15) is 22.6 Å². The average molecular weight is 341 g/mol. The van der Waals surface area contributed by atoms with Crippen LogP contribution in [0.5, 0.6) is 0 Å². The van der Waals surface area contributed by atoms with E-state index in [0.29, 0.717) is 11.5 Å². The monoisotopic (exact) mass is 341 g/mol. The van der Waals surface area contributed by atoms with Crippen LogP contribution in [0.4, 0.5) is 5.82 Å². The topological polar surface area (TPSA) is 80.5 Å². The van der Waals surface area contributed by atoms with Gasteiger partial charge in [-0.05, 0) is 55.3 Å². The van der Waals surface area contributed by atoms with Crippen LogP contribution in [0.2, 0.25) is 0 Å². The third-order valence-corrected chi connectivity index (χ3v) is 4.16. The Balaban J connectivity index is 1.65. The largest absolute Gasteiger partial charge is 0.384 e. The molecule has 3 heterocycles. The molecule has 0 saturated carbocycles. The molecule has 0 aliphatic carbocycles. The number of hydrogen-bond acceptors (Lipinski definition) is 4. The van der Waals surface area contributed by atoms with Crippen LogP contribution in [-0.4, -0.2) is 19.9 Å². The van der Waals surface area contributed by atoms with Crippen LogP contribution in [-0.2, 0) is 0 Å². The van der Waals surface area contributed by atoms with Gasteiger partial charge < -0.3 is 10.7 Å². The van der Waals surface area contributed by atoms with E-state index in [1.54, 1.807) is 0 Å². The van der Waals surface area contributed by atoms with Crippen molar-refractivity contribution in [3.63, 3.8) is 0 Å². The number of H-pyrrole nitrogens is 1. The molecular formula is C21H19N5. The summed E-state index contributed by atoms with van der Waals surface area (Å²) in [6, 6.07) is 14.3. The quantitative estimate of drug-likeness (QED) is 0.579. The predicted octanol–water partition coefficient (Wildman–Crippen LogP) is 4.39. The zero-order chi connectivity index (χ0) is 18.1. The molecule has 0 radical (unpaired) electrons. The maximum absolute atomic E-state index is 5.79. The van der Waals surface area contributed by atoms with Crippen molar-refractivity contribution in [2.75, 3.05) is 5.73 Å². The summed E-state index contributed by atoms with van der Waals surface area (Å²) >= 11 is 0. The normalized spacial score (nSPS) is 11.5. The van der Waals surface area contributed by atoms with Crippen LogP contribution in [0.15, 0.2) is 48.7 Å². The number of nitrogens with two attached hydrogens (primary N) is 1. The fraction of sp³-hybridized carbons (Fsp3) is 0.0952. The first-order valence-electron chi connectivity index (χ1n) is 8.42. The van der Waals surface area contributed by atoms with Crippen molar-refractivity contribution < 1.29 is 0 Å². The van der Waals surface area contributed by atoms with E-state index in [1.165, 1.54) is 5.56 Å². The molecule has 0 saturated heterocycles. The number of pyridine rings is 2. The van der Waals surface area contributed by atoms with E-state index >= 15 is 0 Å². The van der Waals surface area contributed by atoms with E-state index in [9.17, 15) is 0 Å². The Labute approximate surface area is 151 Å². The Bertz CT molecular complexity index is 1090. The number of hydrogen-bond donors (Lipinski definition) is 2. The van der Waals surface area contributed by atoms with Gasteiger partial charge in [-0.1, -0.05) is 29.8 Å². The van der Waals surface area contributed by atoms with Gasteiger partial charge in [0.25, 0.3) is 0 Å². The first kappa shape index (κ1) is 16.0. The summed E-state index contributed by atoms with van der Waals surface area (Å²) < 4.78 is 0. The number of aromatic nitrogens is 4. The zero-order valence-electron chi connectivity index (χ0n) is 14.7. The molecule has 5 heteroatoms. The fourth-order valence-electron chi connectivity index (χ4n) is 2.87. The van der Waals surface area contributed by atoms with E-state index in [2.05, 4.69) is 57.2 Å². The van der Waals surface area contributed by atoms with Gasteiger partial charge in [-0.25, -0.2) is 15.0 Å². The van der Waals surface area contributed by atoms with Crippen molar-refractivity contribution in [2.45, 2.75) is 13.8 Å². The summed E-state index contributed by atoms with van der Waals surface area (Å²) in [7, 11) is 0. The van der Waals surface area contributed by atoms with Crippen LogP contribution in [0, 0.1) is 13.8 Å². The molecule has 5 nitrogen and oxygen atoms in total. The van der Waals surface area contributed by atoms with Gasteiger partial charge in [0, 0.05) is 11.8 Å². The van der Waals surface area contributed by atoms with E-state index in [-0.39, 0.29) is 0 Å². The molecule has 0 unspecified atom stereocenters. The molecule has 0 amide bonds. The Morgan fingerprint density at radius 1 is 0.885 bits per heavy atom. The standard InChI is InChI=1S/C21H19N5/c1-13-3-5-15(6-4-13)16-11-18-21(23-12-16)26-20(25-18)8-7-17-9-14(2)10-19(22)24-17/h3-12H,1-2H3,(H2,22,24)(H,23,25,26)/b8-7-. The number of imidazole rings is 1. The highest BCUT2D eigenvalue weighted by atomic mass is 15.0. The van der Waals surface area contributed by atoms with Gasteiger partial charge in [0.15, 0.2) is 5.65 Å². The third-order valence-electron chi connectivity index (χ3n) is 4.16. The number of aromatic amines is 1. The lowest BCUT2D eigenvalue weighted by Crippen LogP contribution is -1.92. The molecule has 26 heavy (non-hydrogen) atoms. The minimum absolute atomic E-state index is 0.513. The van der Waals surface area contributed by atoms with Crippen molar-refractivity contribution in [1.29, 1.82) is 0 Å². The highest BCUT2D eigenvalue weighted by molar-refractivity contribution is 5.80. The smallest absolute Gasteiger partial charge is 0.178 e. The Morgan fingerprint density at radius 2 is 1.69 bits per heavy atom. The highest BCUT2D eigenvalue weighted by Gasteiger charge is 2.05. The van der Waals surface area contributed by atoms with Gasteiger partial charge in [0.2, 0.25) is 0 Å². The van der Waals surface area contributed by atoms with Crippen LogP contribution in [0.3, 0.4) is 0 Å². The summed E-state index contributed by atoms with van der Waals surface area (Å²) in [5.74, 6) is 1.24. The van der Waals surface area contributed by atoms with Gasteiger partial charge in [0.05, 0.1) is 11.2 Å². The van der Waals surface area contributed by atoms with Gasteiger partial charge in [-0.3, -0.25) is 0 Å². The number of rotatable bonds is 3. The molecule has 3 N–H and O–H groups in total. The maximum atomic E-state index is 5.79. The van der Waals surface area contributed by atoms with Gasteiger partial charge in [-0.15, -0.1) is 0 Å². The van der Waals surface area contributed by atoms with Gasteiger partial charge in [0.1, 0.15) is 11.6 Å². The minimum Gasteiger partial charge on any atom is -0.384 e. The number of nitrogens with one attached hydrogen (secondary N) is 1. The highest BCUT2D eigenvalue weighted by Crippen LogP contribution is 2.22. The summed E-state index contributed by atoms with van der Waals surface area (Å²) in [6.07, 6.45) is 5.63. The Hall–Kier alpha value is -3.47. The van der Waals surface area contributed by atoms with Crippen molar-refractivity contribution in [1.82, 2.24) is 19.9 Å². The molecular weight excluding hydrogens is 322 g/mol. The number of benzene rings is 1. The first-order chi connectivity index (χ1) is 12.6. The third kappa shape index (κ3) is 3.32. The van der Waals surface area contributed by atoms with E-state index < -0.39 is 0 Å². The molecule has 0 fully saturated rings. The summed E-state index contributed by atoms with van der Waals surface area (Å²) in [6.45, 7) is 4.07. The number of nitrogens with zero attached hydrogens (tertiary/aromatic N) is 3. The second-order valence-corrected chi connectivity index (χ2v) is 6.41. The SMILES string of the molecule is Cc1ccc(-c2cnc3nc(/C=C\c4cc(C)cc(N)n4)[nH]c3c2)cc1. The minimum atomic E-state index is 0.513. The second-order valence-electron chi connectivity index (χ2n) is 6.41. The predicted molar refractivity (Wildman–Crippen MR) is 106 cm³/mol. The number of aryl methyl sites for hydroxylation is 2. The van der Waals surface area contributed by atoms with Crippen molar-refractivity contribution >= 4 is 29.1 Å². The molecule has 0 bridgehead atoms. The van der Waals surface area contributed by atoms with Crippen LogP contribution < -0.4 is 5.73 Å². The molecule has 0 spiro atoms. The molecule has 4 aromatic rings. The van der Waals surface area contributed by atoms with E-state index in [0.717, 1.165) is 33.7 Å². The maximum Gasteiger partial charge on any atom is 0.178 e. The van der Waals surface area contributed by atoms with Crippen molar-refractivity contribution in [3.8, 4) is 11.1 Å². The second kappa shape index (κ2) is 6.44. The number of anilines is 1. The lowest BCUT2D eigenvalue weighted by molar-refractivity contribution is 1.25. The van der Waals surface area contributed by atoms with Gasteiger partial charge >= 0.3 is 0 Å². The molecule has 1 aromatic carbocycles. The molecule has 0 aliphatic heterocycles. The molecule has 128 valence electrons. The van der Waals surface area contributed by atoms with Crippen molar-refractivity contribution in [2.24, 2.45) is 0 Å². The molecule has 3 aromatic heterocycles. The summed E-state index contributed by atoms with van der Waals surface area (Å²) in [4.78, 5) is 16.6. The molecule has 0 atom stereocenters. The molecule has 4 rings (SSSR count). The fourth-order valence-corrected chi connectivity index (χ4v) is 2.87. The van der Waals surface area contributed by atoms with E-state index in [4.69, 9.17) is 5.73 Å². The number of fused-ring (bicyclic) bond motifs is 1. The Kier molecular flexibility index (Phi) is 3.97. The Morgan fingerprint density at radius 3 is 2.46 bits per heavy atom.